The quantitative estimate of drug-likeness (QED) is 0.801. The van der Waals surface area contributed by atoms with E-state index in [0.717, 1.165) is 31.5 Å². The summed E-state index contributed by atoms with van der Waals surface area (Å²) in [6, 6.07) is 0. The third-order valence-corrected chi connectivity index (χ3v) is 4.36. The lowest BCUT2D eigenvalue weighted by Gasteiger charge is -2.44. The zero-order valence-electron chi connectivity index (χ0n) is 11.4. The van der Waals surface area contributed by atoms with Crippen molar-refractivity contribution in [3.8, 4) is 0 Å². The lowest BCUT2D eigenvalue weighted by Crippen LogP contribution is -2.54. The molecule has 0 saturated heterocycles. The van der Waals surface area contributed by atoms with Crippen molar-refractivity contribution in [3.05, 3.63) is 0 Å². The maximum Gasteiger partial charge on any atom is 0.191 e. The highest BCUT2D eigenvalue weighted by molar-refractivity contribution is 5.81. The molecule has 0 unspecified atom stereocenters. The summed E-state index contributed by atoms with van der Waals surface area (Å²) in [6.45, 7) is 5.33. The molecule has 1 saturated carbocycles. The molecule has 0 aromatic rings. The van der Waals surface area contributed by atoms with Gasteiger partial charge in [-0.15, -0.1) is 0 Å². The minimum Gasteiger partial charge on any atom is -0.370 e. The molecule has 4 nitrogen and oxygen atoms in total. The van der Waals surface area contributed by atoms with Gasteiger partial charge < -0.3 is 15.5 Å². The van der Waals surface area contributed by atoms with E-state index >= 15 is 0 Å². The Kier molecular flexibility index (Phi) is 3.61. The lowest BCUT2D eigenvalue weighted by atomic mass is 9.76. The van der Waals surface area contributed by atoms with E-state index in [0.29, 0.717) is 0 Å². The molecule has 17 heavy (non-hydrogen) atoms. The van der Waals surface area contributed by atoms with Crippen LogP contribution >= 0.6 is 0 Å². The predicted molar refractivity (Wildman–Crippen MR) is 72.1 cm³/mol. The Labute approximate surface area is 105 Å². The van der Waals surface area contributed by atoms with Gasteiger partial charge >= 0.3 is 0 Å². The van der Waals surface area contributed by atoms with Crippen LogP contribution in [-0.4, -0.2) is 55.0 Å². The highest BCUT2D eigenvalue weighted by Gasteiger charge is 2.43. The van der Waals surface area contributed by atoms with E-state index in [9.17, 15) is 0 Å². The molecule has 98 valence electrons. The average Bonchev–Trinajstić information content (AvgIpc) is 2.58. The Morgan fingerprint density at radius 2 is 2.06 bits per heavy atom. The SMILES string of the molecule is CC1CCC2(CC1)CN=C(N)N2CCN(C)C. The number of guanidine groups is 1. The molecule has 0 amide bonds. The monoisotopic (exact) mass is 238 g/mol. The van der Waals surface area contributed by atoms with Gasteiger partial charge in [-0.05, 0) is 45.7 Å². The molecule has 0 bridgehead atoms. The standard InChI is InChI=1S/C13H26N4/c1-11-4-6-13(7-5-11)10-15-12(14)17(13)9-8-16(2)3/h11H,4-10H2,1-3H3,(H2,14,15). The van der Waals surface area contributed by atoms with E-state index in [2.05, 4.69) is 35.8 Å². The fraction of sp³-hybridized carbons (Fsp3) is 0.923. The van der Waals surface area contributed by atoms with Gasteiger partial charge in [-0.1, -0.05) is 6.92 Å². The van der Waals surface area contributed by atoms with Crippen LogP contribution in [0.4, 0.5) is 0 Å². The van der Waals surface area contributed by atoms with Crippen molar-refractivity contribution in [2.45, 2.75) is 38.1 Å². The third-order valence-electron chi connectivity index (χ3n) is 4.36. The summed E-state index contributed by atoms with van der Waals surface area (Å²) in [7, 11) is 4.22. The van der Waals surface area contributed by atoms with Gasteiger partial charge in [0, 0.05) is 13.1 Å². The first-order chi connectivity index (χ1) is 8.03. The molecule has 4 heteroatoms. The van der Waals surface area contributed by atoms with Crippen LogP contribution < -0.4 is 5.73 Å². The first kappa shape index (κ1) is 12.7. The Balaban J connectivity index is 2.01. The number of rotatable bonds is 3. The summed E-state index contributed by atoms with van der Waals surface area (Å²) in [4.78, 5) is 9.09. The number of hydrogen-bond donors (Lipinski definition) is 1. The predicted octanol–water partition coefficient (Wildman–Crippen LogP) is 1.13. The van der Waals surface area contributed by atoms with Crippen molar-refractivity contribution in [2.75, 3.05) is 33.7 Å². The van der Waals surface area contributed by atoms with Gasteiger partial charge in [0.1, 0.15) is 0 Å². The van der Waals surface area contributed by atoms with E-state index in [1.165, 1.54) is 25.7 Å². The van der Waals surface area contributed by atoms with Crippen LogP contribution in [0, 0.1) is 5.92 Å². The summed E-state index contributed by atoms with van der Waals surface area (Å²) in [5.74, 6) is 1.64. The van der Waals surface area contributed by atoms with E-state index in [1.807, 2.05) is 0 Å². The first-order valence-electron chi connectivity index (χ1n) is 6.76. The summed E-state index contributed by atoms with van der Waals surface area (Å²) >= 11 is 0. The maximum absolute atomic E-state index is 6.06. The van der Waals surface area contributed by atoms with Crippen LogP contribution in [0.5, 0.6) is 0 Å². The van der Waals surface area contributed by atoms with Crippen molar-refractivity contribution in [3.63, 3.8) is 0 Å². The van der Waals surface area contributed by atoms with Crippen LogP contribution in [-0.2, 0) is 0 Å². The van der Waals surface area contributed by atoms with Gasteiger partial charge in [0.25, 0.3) is 0 Å². The van der Waals surface area contributed by atoms with E-state index in [-0.39, 0.29) is 5.54 Å². The number of nitrogens with zero attached hydrogens (tertiary/aromatic N) is 3. The van der Waals surface area contributed by atoms with Gasteiger partial charge in [-0.2, -0.15) is 0 Å². The molecule has 2 N–H and O–H groups in total. The number of hydrogen-bond acceptors (Lipinski definition) is 4. The van der Waals surface area contributed by atoms with Gasteiger partial charge in [0.15, 0.2) is 5.96 Å². The third kappa shape index (κ3) is 2.57. The Morgan fingerprint density at radius 3 is 2.65 bits per heavy atom. The summed E-state index contributed by atoms with van der Waals surface area (Å²) in [5, 5.41) is 0. The molecular formula is C13H26N4. The maximum atomic E-state index is 6.06. The van der Waals surface area contributed by atoms with Crippen molar-refractivity contribution in [2.24, 2.45) is 16.6 Å². The second kappa shape index (κ2) is 4.84. The van der Waals surface area contributed by atoms with Crippen LogP contribution in [0.1, 0.15) is 32.6 Å². The van der Waals surface area contributed by atoms with Crippen LogP contribution in [0.15, 0.2) is 4.99 Å². The Morgan fingerprint density at radius 1 is 1.41 bits per heavy atom. The molecule has 1 heterocycles. The van der Waals surface area contributed by atoms with Gasteiger partial charge in [0.05, 0.1) is 12.1 Å². The van der Waals surface area contributed by atoms with E-state index in [1.54, 1.807) is 0 Å². The normalized spacial score (nSPS) is 33.5. The van der Waals surface area contributed by atoms with Crippen molar-refractivity contribution >= 4 is 5.96 Å². The highest BCUT2D eigenvalue weighted by Crippen LogP contribution is 2.38. The van der Waals surface area contributed by atoms with Crippen LogP contribution in [0.2, 0.25) is 0 Å². The lowest BCUT2D eigenvalue weighted by molar-refractivity contribution is 0.114. The number of aliphatic imine (C=N–C) groups is 1. The van der Waals surface area contributed by atoms with Gasteiger partial charge in [-0.3, -0.25) is 4.99 Å². The van der Waals surface area contributed by atoms with Crippen LogP contribution in [0.25, 0.3) is 0 Å². The molecule has 1 spiro atoms. The molecule has 2 rings (SSSR count). The topological polar surface area (TPSA) is 44.9 Å². The van der Waals surface area contributed by atoms with Crippen molar-refractivity contribution < 1.29 is 0 Å². The molecule has 2 aliphatic rings. The molecule has 0 radical (unpaired) electrons. The van der Waals surface area contributed by atoms with E-state index < -0.39 is 0 Å². The molecule has 1 fully saturated rings. The summed E-state index contributed by atoms with van der Waals surface area (Å²) < 4.78 is 0. The molecular weight excluding hydrogens is 212 g/mol. The van der Waals surface area contributed by atoms with Crippen molar-refractivity contribution in [1.82, 2.24) is 9.80 Å². The zero-order chi connectivity index (χ0) is 12.5. The summed E-state index contributed by atoms with van der Waals surface area (Å²) in [6.07, 6.45) is 5.15. The Bertz CT molecular complexity index is 290. The van der Waals surface area contributed by atoms with Crippen LogP contribution in [0.3, 0.4) is 0 Å². The largest absolute Gasteiger partial charge is 0.370 e. The fourth-order valence-corrected chi connectivity index (χ4v) is 3.02. The average molecular weight is 238 g/mol. The van der Waals surface area contributed by atoms with Gasteiger partial charge in [0.2, 0.25) is 0 Å². The number of likely N-dealkylation sites (N-methyl/N-ethyl adjacent to an activating group) is 1. The minimum absolute atomic E-state index is 0.257. The first-order valence-corrected chi connectivity index (χ1v) is 6.76. The highest BCUT2D eigenvalue weighted by atomic mass is 15.4. The molecule has 0 atom stereocenters. The Hall–Kier alpha value is -0.770. The molecule has 0 aromatic carbocycles. The molecule has 1 aliphatic heterocycles. The second-order valence-corrected chi connectivity index (χ2v) is 6.04. The van der Waals surface area contributed by atoms with Gasteiger partial charge in [-0.25, -0.2) is 0 Å². The smallest absolute Gasteiger partial charge is 0.191 e. The second-order valence-electron chi connectivity index (χ2n) is 6.04. The summed E-state index contributed by atoms with van der Waals surface area (Å²) in [5.41, 5.74) is 6.32. The van der Waals surface area contributed by atoms with E-state index in [4.69, 9.17) is 5.73 Å². The minimum atomic E-state index is 0.257. The van der Waals surface area contributed by atoms with Crippen molar-refractivity contribution in [1.29, 1.82) is 0 Å². The molecule has 1 aliphatic carbocycles. The fourth-order valence-electron chi connectivity index (χ4n) is 3.02. The molecule has 0 aromatic heterocycles. The zero-order valence-corrected chi connectivity index (χ0v) is 11.4. The number of nitrogens with two attached hydrogens (primary N) is 1.